The van der Waals surface area contributed by atoms with Gasteiger partial charge in [0.15, 0.2) is 0 Å². The molecule has 0 amide bonds. The summed E-state index contributed by atoms with van der Waals surface area (Å²) in [6, 6.07) is 8.56. The van der Waals surface area contributed by atoms with Gasteiger partial charge in [-0.05, 0) is 23.5 Å². The summed E-state index contributed by atoms with van der Waals surface area (Å²) < 4.78 is 0. The summed E-state index contributed by atoms with van der Waals surface area (Å²) in [5, 5.41) is 0. The average molecular weight is 290 g/mol. The van der Waals surface area contributed by atoms with E-state index in [1.165, 1.54) is 23.1 Å². The van der Waals surface area contributed by atoms with Crippen molar-refractivity contribution in [2.24, 2.45) is 5.92 Å². The number of halogens is 2. The minimum atomic E-state index is -0.556. The van der Waals surface area contributed by atoms with Crippen molar-refractivity contribution in [2.45, 2.75) is 20.3 Å². The molecule has 0 spiro atoms. The molecule has 2 rings (SSSR count). The topological polar surface area (TPSA) is 0 Å². The van der Waals surface area contributed by atoms with Gasteiger partial charge >= 0.3 is 35.6 Å². The van der Waals surface area contributed by atoms with Crippen LogP contribution < -0.4 is 0 Å². The maximum absolute atomic E-state index is 4.89. The maximum atomic E-state index is 4.89. The van der Waals surface area contributed by atoms with E-state index in [-0.39, 0.29) is 0 Å². The van der Waals surface area contributed by atoms with Crippen molar-refractivity contribution < 1.29 is 17.0 Å². The molecule has 1 aromatic carbocycles. The van der Waals surface area contributed by atoms with Crippen LogP contribution in [0.4, 0.5) is 0 Å². The third-order valence-corrected chi connectivity index (χ3v) is 2.32. The van der Waals surface area contributed by atoms with Gasteiger partial charge in [-0.3, -0.25) is 0 Å². The Labute approximate surface area is 115 Å². The number of benzene rings is 1. The molecular weight excluding hydrogens is 275 g/mol. The zero-order valence-electron chi connectivity index (χ0n) is 9.50. The van der Waals surface area contributed by atoms with Crippen molar-refractivity contribution in [3.8, 4) is 0 Å². The molecule has 0 saturated heterocycles. The molecule has 0 saturated carbocycles. The van der Waals surface area contributed by atoms with E-state index in [0.717, 1.165) is 5.92 Å². The van der Waals surface area contributed by atoms with Crippen molar-refractivity contribution in [3.05, 3.63) is 47.4 Å². The van der Waals surface area contributed by atoms with Gasteiger partial charge in [-0.25, -0.2) is 0 Å². The first-order chi connectivity index (χ1) is 7.67. The normalized spacial score (nSPS) is 12.7. The Kier molecular flexibility index (Phi) is 6.76. The summed E-state index contributed by atoms with van der Waals surface area (Å²) in [6.07, 6.45) is 5.79. The fourth-order valence-corrected chi connectivity index (χ4v) is 1.80. The number of rotatable bonds is 2. The molecule has 0 atom stereocenters. The van der Waals surface area contributed by atoms with Crippen LogP contribution in [0.15, 0.2) is 29.8 Å². The van der Waals surface area contributed by atoms with E-state index < -0.39 is 17.0 Å². The van der Waals surface area contributed by atoms with Gasteiger partial charge in [-0.2, -0.15) is 0 Å². The van der Waals surface area contributed by atoms with E-state index in [2.05, 4.69) is 50.6 Å². The van der Waals surface area contributed by atoms with Gasteiger partial charge < -0.3 is 0 Å². The van der Waals surface area contributed by atoms with Gasteiger partial charge in [0, 0.05) is 6.42 Å². The van der Waals surface area contributed by atoms with Gasteiger partial charge in [-0.1, -0.05) is 49.8 Å². The Morgan fingerprint density at radius 1 is 1.12 bits per heavy atom. The van der Waals surface area contributed by atoms with E-state index in [0.29, 0.717) is 0 Å². The summed E-state index contributed by atoms with van der Waals surface area (Å²) in [5.74, 6) is 0.747. The van der Waals surface area contributed by atoms with Crippen molar-refractivity contribution in [1.29, 1.82) is 0 Å². The van der Waals surface area contributed by atoms with E-state index in [1.807, 2.05) is 0 Å². The zero-order valence-corrected chi connectivity index (χ0v) is 12.6. The molecule has 0 aromatic heterocycles. The third-order valence-electron chi connectivity index (χ3n) is 2.32. The minimum absolute atomic E-state index is 0.556. The van der Waals surface area contributed by atoms with Crippen molar-refractivity contribution in [3.63, 3.8) is 0 Å². The van der Waals surface area contributed by atoms with Crippen molar-refractivity contribution in [1.82, 2.24) is 0 Å². The Hall–Kier alpha value is 0.254. The molecule has 0 aliphatic heterocycles. The van der Waals surface area contributed by atoms with Crippen LogP contribution in [0.1, 0.15) is 31.4 Å². The van der Waals surface area contributed by atoms with E-state index in [1.54, 1.807) is 0 Å². The summed E-state index contributed by atoms with van der Waals surface area (Å²) in [6.45, 7) is 4.52. The van der Waals surface area contributed by atoms with E-state index in [4.69, 9.17) is 18.6 Å². The zero-order chi connectivity index (χ0) is 12.0. The van der Waals surface area contributed by atoms with Crippen LogP contribution in [0, 0.1) is 12.3 Å². The van der Waals surface area contributed by atoms with E-state index >= 15 is 0 Å². The number of fused-ring (bicyclic) bond motifs is 1. The van der Waals surface area contributed by atoms with Crippen LogP contribution >= 0.6 is 18.6 Å². The molecule has 0 N–H and O–H groups in total. The Morgan fingerprint density at radius 2 is 1.69 bits per heavy atom. The molecule has 0 fully saturated rings. The quantitative estimate of drug-likeness (QED) is 0.668. The SMILES string of the molecule is CC(C)CC1=Cc2ccccc2[CH]1.[Cl][Ti][Cl]. The summed E-state index contributed by atoms with van der Waals surface area (Å²) in [5.41, 5.74) is 4.22. The van der Waals surface area contributed by atoms with Crippen molar-refractivity contribution in [2.75, 3.05) is 0 Å². The van der Waals surface area contributed by atoms with Crippen LogP contribution in [0.25, 0.3) is 6.08 Å². The molecule has 0 unspecified atom stereocenters. The van der Waals surface area contributed by atoms with Gasteiger partial charge in [0.2, 0.25) is 0 Å². The molecule has 1 aliphatic carbocycles. The second-order valence-electron chi connectivity index (χ2n) is 4.16. The van der Waals surface area contributed by atoms with Crippen LogP contribution in [-0.2, 0) is 17.0 Å². The summed E-state index contributed by atoms with van der Waals surface area (Å²) in [7, 11) is 9.78. The predicted octanol–water partition coefficient (Wildman–Crippen LogP) is 5.06. The van der Waals surface area contributed by atoms with Crippen LogP contribution in [0.3, 0.4) is 0 Å². The molecule has 0 bridgehead atoms. The molecular formula is C13H15Cl2Ti. The monoisotopic (exact) mass is 289 g/mol. The van der Waals surface area contributed by atoms with Crippen LogP contribution in [0.5, 0.6) is 0 Å². The average Bonchev–Trinajstić information content (AvgIpc) is 2.59. The van der Waals surface area contributed by atoms with Gasteiger partial charge in [0.1, 0.15) is 0 Å². The Bertz CT molecular complexity index is 359. The molecule has 1 aromatic rings. The molecule has 16 heavy (non-hydrogen) atoms. The molecule has 3 heteroatoms. The molecule has 1 radical (unpaired) electrons. The fourth-order valence-electron chi connectivity index (χ4n) is 1.80. The number of allylic oxidation sites excluding steroid dienone is 1. The Morgan fingerprint density at radius 3 is 2.19 bits per heavy atom. The van der Waals surface area contributed by atoms with Crippen molar-refractivity contribution >= 4 is 24.7 Å². The number of hydrogen-bond donors (Lipinski definition) is 0. The van der Waals surface area contributed by atoms with Crippen LogP contribution in [-0.4, -0.2) is 0 Å². The standard InChI is InChI=1S/C13H15.2ClH.Ti/c1-10(2)7-11-8-12-5-3-4-6-13(12)9-11;;;/h3-6,8-10H,7H2,1-2H3;2*1H;/q;;;+2/p-2. The first-order valence-corrected chi connectivity index (χ1v) is 9.57. The van der Waals surface area contributed by atoms with Gasteiger partial charge in [-0.15, -0.1) is 0 Å². The fraction of sp³-hybridized carbons (Fsp3) is 0.308. The molecule has 0 nitrogen and oxygen atoms in total. The first-order valence-electron chi connectivity index (χ1n) is 5.28. The molecule has 85 valence electrons. The predicted molar refractivity (Wildman–Crippen MR) is 69.0 cm³/mol. The summed E-state index contributed by atoms with van der Waals surface area (Å²) >= 11 is -0.556. The second kappa shape index (κ2) is 7.56. The molecule has 1 aliphatic rings. The first kappa shape index (κ1) is 14.3. The van der Waals surface area contributed by atoms with E-state index in [9.17, 15) is 0 Å². The third kappa shape index (κ3) is 4.63. The Balaban J connectivity index is 0.000000386. The second-order valence-corrected chi connectivity index (χ2v) is 6.74. The van der Waals surface area contributed by atoms with Gasteiger partial charge in [0.25, 0.3) is 0 Å². The van der Waals surface area contributed by atoms with Gasteiger partial charge in [0.05, 0.1) is 0 Å². The van der Waals surface area contributed by atoms with Crippen LogP contribution in [0.2, 0.25) is 0 Å². The number of hydrogen-bond acceptors (Lipinski definition) is 0. The summed E-state index contributed by atoms with van der Waals surface area (Å²) in [4.78, 5) is 0. The molecule has 0 heterocycles.